The molecule has 4 rings (SSSR count). The lowest BCUT2D eigenvalue weighted by atomic mass is 10.00. The normalized spacial score (nSPS) is 23.4. The fraction of sp³-hybridized carbons (Fsp3) is 0.389. The van der Waals surface area contributed by atoms with E-state index in [0.717, 1.165) is 12.1 Å². The molecule has 0 N–H and O–H groups in total. The molecule has 1 aromatic carbocycles. The highest BCUT2D eigenvalue weighted by Gasteiger charge is 2.35. The Morgan fingerprint density at radius 2 is 2.12 bits per heavy atom. The van der Waals surface area contributed by atoms with Crippen LogP contribution in [-0.2, 0) is 16.1 Å². The highest BCUT2D eigenvalue weighted by molar-refractivity contribution is 6.32. The summed E-state index contributed by atoms with van der Waals surface area (Å²) in [6, 6.07) is 10.1. The van der Waals surface area contributed by atoms with Crippen molar-refractivity contribution in [2.45, 2.75) is 32.2 Å². The largest absolute Gasteiger partial charge is 0.374 e. The van der Waals surface area contributed by atoms with Crippen LogP contribution in [0.25, 0.3) is 5.65 Å². The lowest BCUT2D eigenvalue weighted by Crippen LogP contribution is -2.15. The zero-order valence-corrected chi connectivity index (χ0v) is 14.6. The van der Waals surface area contributed by atoms with E-state index in [1.165, 1.54) is 11.9 Å². The van der Waals surface area contributed by atoms with Gasteiger partial charge in [0.05, 0.1) is 31.2 Å². The van der Waals surface area contributed by atoms with Gasteiger partial charge in [-0.3, -0.25) is 0 Å². The SMILES string of the molecule is CC1CC(COCc2ccccc2)OC1c1cnc2c(Cl)ncnn12. The number of imidazole rings is 1. The van der Waals surface area contributed by atoms with Crippen LogP contribution in [0.5, 0.6) is 0 Å². The Morgan fingerprint density at radius 3 is 2.96 bits per heavy atom. The van der Waals surface area contributed by atoms with Crippen LogP contribution in [0.3, 0.4) is 0 Å². The third kappa shape index (κ3) is 3.38. The van der Waals surface area contributed by atoms with E-state index in [-0.39, 0.29) is 12.2 Å². The summed E-state index contributed by atoms with van der Waals surface area (Å²) >= 11 is 6.07. The molecule has 3 heterocycles. The van der Waals surface area contributed by atoms with Crippen LogP contribution in [0.15, 0.2) is 42.9 Å². The van der Waals surface area contributed by atoms with E-state index < -0.39 is 0 Å². The topological polar surface area (TPSA) is 61.5 Å². The van der Waals surface area contributed by atoms with Crippen LogP contribution in [0.4, 0.5) is 0 Å². The molecule has 1 fully saturated rings. The molecule has 1 aliphatic heterocycles. The minimum Gasteiger partial charge on any atom is -0.374 e. The quantitative estimate of drug-likeness (QED) is 0.699. The summed E-state index contributed by atoms with van der Waals surface area (Å²) < 4.78 is 13.8. The first-order valence-corrected chi connectivity index (χ1v) is 8.71. The number of ether oxygens (including phenoxy) is 2. The highest BCUT2D eigenvalue weighted by Crippen LogP contribution is 2.38. The maximum Gasteiger partial charge on any atom is 0.191 e. The van der Waals surface area contributed by atoms with Gasteiger partial charge in [-0.1, -0.05) is 48.9 Å². The van der Waals surface area contributed by atoms with Crippen LogP contribution in [0.2, 0.25) is 5.15 Å². The van der Waals surface area contributed by atoms with Gasteiger partial charge in [0.15, 0.2) is 10.8 Å². The fourth-order valence-electron chi connectivity index (χ4n) is 3.29. The van der Waals surface area contributed by atoms with Crippen molar-refractivity contribution in [3.8, 4) is 0 Å². The van der Waals surface area contributed by atoms with E-state index in [9.17, 15) is 0 Å². The first-order chi connectivity index (χ1) is 12.2. The Kier molecular flexibility index (Phi) is 4.65. The molecular formula is C18H19ClN4O2. The van der Waals surface area contributed by atoms with Crippen LogP contribution < -0.4 is 0 Å². The van der Waals surface area contributed by atoms with Crippen LogP contribution in [0.1, 0.15) is 30.7 Å². The molecule has 3 unspecified atom stereocenters. The van der Waals surface area contributed by atoms with Crippen molar-refractivity contribution in [2.24, 2.45) is 5.92 Å². The summed E-state index contributed by atoms with van der Waals surface area (Å²) in [6.07, 6.45) is 4.12. The maximum absolute atomic E-state index is 6.21. The summed E-state index contributed by atoms with van der Waals surface area (Å²) in [4.78, 5) is 8.28. The average Bonchev–Trinajstić information content (AvgIpc) is 3.20. The predicted molar refractivity (Wildman–Crippen MR) is 93.3 cm³/mol. The number of rotatable bonds is 5. The van der Waals surface area contributed by atoms with Gasteiger partial charge in [0.2, 0.25) is 0 Å². The molecule has 130 valence electrons. The molecule has 0 bridgehead atoms. The molecule has 0 radical (unpaired) electrons. The van der Waals surface area contributed by atoms with Gasteiger partial charge < -0.3 is 9.47 Å². The number of halogens is 1. The van der Waals surface area contributed by atoms with Crippen molar-refractivity contribution in [3.63, 3.8) is 0 Å². The van der Waals surface area contributed by atoms with E-state index in [4.69, 9.17) is 21.1 Å². The Bertz CT molecular complexity index is 855. The first-order valence-electron chi connectivity index (χ1n) is 8.33. The Morgan fingerprint density at radius 1 is 1.28 bits per heavy atom. The monoisotopic (exact) mass is 358 g/mol. The molecule has 6 nitrogen and oxygen atoms in total. The number of hydrogen-bond donors (Lipinski definition) is 0. The van der Waals surface area contributed by atoms with Gasteiger partial charge in [-0.2, -0.15) is 5.10 Å². The molecule has 25 heavy (non-hydrogen) atoms. The predicted octanol–water partition coefficient (Wildman–Crippen LogP) is 3.46. The Hall–Kier alpha value is -2.02. The lowest BCUT2D eigenvalue weighted by Gasteiger charge is -2.15. The number of nitrogens with zero attached hydrogens (tertiary/aromatic N) is 4. The van der Waals surface area contributed by atoms with Crippen molar-refractivity contribution in [1.82, 2.24) is 19.6 Å². The third-order valence-electron chi connectivity index (χ3n) is 4.48. The average molecular weight is 359 g/mol. The molecule has 3 atom stereocenters. The summed E-state index contributed by atoms with van der Waals surface area (Å²) in [7, 11) is 0. The van der Waals surface area contributed by atoms with E-state index in [1.54, 1.807) is 10.7 Å². The highest BCUT2D eigenvalue weighted by atomic mass is 35.5. The van der Waals surface area contributed by atoms with Crippen molar-refractivity contribution in [1.29, 1.82) is 0 Å². The molecule has 7 heteroatoms. The number of fused-ring (bicyclic) bond motifs is 1. The van der Waals surface area contributed by atoms with Gasteiger partial charge in [0.1, 0.15) is 12.4 Å². The molecule has 3 aromatic rings. The summed E-state index contributed by atoms with van der Waals surface area (Å²) in [6.45, 7) is 3.34. The van der Waals surface area contributed by atoms with Crippen LogP contribution in [0, 0.1) is 5.92 Å². The van der Waals surface area contributed by atoms with Gasteiger partial charge in [-0.15, -0.1) is 0 Å². The van der Waals surface area contributed by atoms with Gasteiger partial charge in [0.25, 0.3) is 0 Å². The van der Waals surface area contributed by atoms with Crippen molar-refractivity contribution in [2.75, 3.05) is 6.61 Å². The number of aromatic nitrogens is 4. The molecule has 0 aliphatic carbocycles. The van der Waals surface area contributed by atoms with Gasteiger partial charge in [-0.05, 0) is 17.9 Å². The molecule has 0 amide bonds. The second-order valence-corrected chi connectivity index (χ2v) is 6.72. The lowest BCUT2D eigenvalue weighted by molar-refractivity contribution is -0.0256. The standard InChI is InChI=1S/C18H19ClN4O2/c1-12-7-14(10-24-9-13-5-3-2-4-6-13)25-16(12)15-8-20-18-17(19)21-11-22-23(15)18/h2-6,8,11-12,14,16H,7,9-10H2,1H3. The summed E-state index contributed by atoms with van der Waals surface area (Å²) in [5, 5.41) is 4.60. The Balaban J connectivity index is 1.41. The van der Waals surface area contributed by atoms with Gasteiger partial charge in [0, 0.05) is 0 Å². The molecule has 0 saturated carbocycles. The van der Waals surface area contributed by atoms with Crippen molar-refractivity contribution >= 4 is 17.2 Å². The van der Waals surface area contributed by atoms with Crippen molar-refractivity contribution in [3.05, 3.63) is 59.3 Å². The molecule has 1 aliphatic rings. The van der Waals surface area contributed by atoms with Crippen molar-refractivity contribution < 1.29 is 9.47 Å². The molecular weight excluding hydrogens is 340 g/mol. The van der Waals surface area contributed by atoms with Gasteiger partial charge in [-0.25, -0.2) is 14.5 Å². The summed E-state index contributed by atoms with van der Waals surface area (Å²) in [5.74, 6) is 0.346. The smallest absolute Gasteiger partial charge is 0.191 e. The summed E-state index contributed by atoms with van der Waals surface area (Å²) in [5.41, 5.74) is 2.62. The van der Waals surface area contributed by atoms with E-state index in [1.807, 2.05) is 18.2 Å². The zero-order chi connectivity index (χ0) is 17.2. The second-order valence-electron chi connectivity index (χ2n) is 6.36. The van der Waals surface area contributed by atoms with Gasteiger partial charge >= 0.3 is 0 Å². The van der Waals surface area contributed by atoms with E-state index in [2.05, 4.69) is 34.1 Å². The van der Waals surface area contributed by atoms with E-state index >= 15 is 0 Å². The van der Waals surface area contributed by atoms with Crippen LogP contribution in [-0.4, -0.2) is 32.3 Å². The number of hydrogen-bond acceptors (Lipinski definition) is 5. The third-order valence-corrected chi connectivity index (χ3v) is 4.75. The maximum atomic E-state index is 6.21. The minimum absolute atomic E-state index is 0.0616. The van der Waals surface area contributed by atoms with Crippen LogP contribution >= 0.6 is 11.6 Å². The Labute approximate surface area is 150 Å². The first kappa shape index (κ1) is 16.4. The molecule has 0 spiro atoms. The fourth-order valence-corrected chi connectivity index (χ4v) is 3.46. The van der Waals surface area contributed by atoms with E-state index in [0.29, 0.717) is 29.9 Å². The second kappa shape index (κ2) is 7.07. The zero-order valence-electron chi connectivity index (χ0n) is 13.9. The number of benzene rings is 1. The minimum atomic E-state index is -0.0775. The molecule has 1 saturated heterocycles. The molecule has 2 aromatic heterocycles.